The van der Waals surface area contributed by atoms with Crippen molar-refractivity contribution in [2.75, 3.05) is 0 Å². The largest absolute Gasteiger partial charge is 0.457 e. The van der Waals surface area contributed by atoms with Crippen LogP contribution in [0.1, 0.15) is 10.4 Å². The monoisotopic (exact) mass is 431 g/mol. The topological polar surface area (TPSA) is 64.8 Å². The fourth-order valence-electron chi connectivity index (χ4n) is 2.26. The van der Waals surface area contributed by atoms with Gasteiger partial charge in [-0.05, 0) is 40.2 Å². The van der Waals surface area contributed by atoms with Crippen LogP contribution in [0, 0.1) is 12.4 Å². The maximum Gasteiger partial charge on any atom is 0.411 e. The van der Waals surface area contributed by atoms with Gasteiger partial charge >= 0.3 is 5.25 Å². The molecular weight excluding hydrogens is 427 g/mol. The van der Waals surface area contributed by atoms with Crippen molar-refractivity contribution < 1.29 is 31.1 Å². The van der Waals surface area contributed by atoms with Crippen LogP contribution in [-0.4, -0.2) is 19.5 Å². The number of hydrogen-bond acceptors (Lipinski definition) is 4. The van der Waals surface area contributed by atoms with Crippen LogP contribution in [0.3, 0.4) is 0 Å². The minimum Gasteiger partial charge on any atom is -0.457 e. The number of alkyl halides is 2. The number of nitrogens with zero attached hydrogens (tertiary/aromatic N) is 1. The zero-order valence-corrected chi connectivity index (χ0v) is 14.3. The second-order valence-electron chi connectivity index (χ2n) is 4.96. The van der Waals surface area contributed by atoms with Crippen LogP contribution in [0.15, 0.2) is 39.7 Å². The molecule has 3 rings (SSSR count). The van der Waals surface area contributed by atoms with Crippen molar-refractivity contribution in [3.63, 3.8) is 0 Å². The first-order valence-electron chi connectivity index (χ1n) is 6.45. The average molecular weight is 432 g/mol. The van der Waals surface area contributed by atoms with Crippen molar-refractivity contribution in [1.29, 1.82) is 0 Å². The molecule has 1 aliphatic rings. The maximum atomic E-state index is 13.7. The molecule has 10 heteroatoms. The molecule has 0 aliphatic carbocycles. The first-order chi connectivity index (χ1) is 11.6. The number of hydrogen-bond donors (Lipinski definition) is 0. The van der Waals surface area contributed by atoms with Crippen molar-refractivity contribution in [2.45, 2.75) is 10.2 Å². The van der Waals surface area contributed by atoms with Gasteiger partial charge in [-0.25, -0.2) is 17.7 Å². The van der Waals surface area contributed by atoms with Crippen LogP contribution in [0.25, 0.3) is 4.85 Å². The van der Waals surface area contributed by atoms with Gasteiger partial charge in [0.25, 0.3) is 15.6 Å². The Morgan fingerprint density at radius 1 is 1.20 bits per heavy atom. The summed E-state index contributed by atoms with van der Waals surface area (Å²) in [5, 5.41) is -4.56. The Bertz CT molecular complexity index is 1080. The molecule has 2 aromatic carbocycles. The summed E-state index contributed by atoms with van der Waals surface area (Å²) in [6.45, 7) is 6.87. The Morgan fingerprint density at radius 3 is 2.52 bits per heavy atom. The summed E-state index contributed by atoms with van der Waals surface area (Å²) >= 11 is 2.89. The van der Waals surface area contributed by atoms with Crippen LogP contribution in [0.5, 0.6) is 11.5 Å². The van der Waals surface area contributed by atoms with Gasteiger partial charge in [-0.1, -0.05) is 0 Å². The van der Waals surface area contributed by atoms with Gasteiger partial charge in [-0.3, -0.25) is 4.79 Å². The first-order valence-corrected chi connectivity index (χ1v) is 8.73. The molecule has 0 bridgehead atoms. The number of carbonyl (C=O) groups is 1. The Kier molecular flexibility index (Phi) is 3.89. The van der Waals surface area contributed by atoms with Gasteiger partial charge in [0.2, 0.25) is 0 Å². The highest BCUT2D eigenvalue weighted by Gasteiger charge is 2.61. The smallest absolute Gasteiger partial charge is 0.411 e. The molecule has 0 unspecified atom stereocenters. The molecule has 25 heavy (non-hydrogen) atoms. The third-order valence-electron chi connectivity index (χ3n) is 3.40. The lowest BCUT2D eigenvalue weighted by Gasteiger charge is -2.10. The molecule has 0 aromatic heterocycles. The number of ketones is 1. The van der Waals surface area contributed by atoms with Crippen molar-refractivity contribution in [2.24, 2.45) is 0 Å². The molecule has 128 valence electrons. The lowest BCUT2D eigenvalue weighted by Crippen LogP contribution is -2.30. The Hall–Kier alpha value is -2.38. The lowest BCUT2D eigenvalue weighted by atomic mass is 10.1. The third-order valence-corrected chi connectivity index (χ3v) is 5.97. The second-order valence-corrected chi connectivity index (χ2v) is 7.71. The van der Waals surface area contributed by atoms with Crippen molar-refractivity contribution in [3.8, 4) is 11.5 Å². The molecule has 0 amide bonds. The summed E-state index contributed by atoms with van der Waals surface area (Å²) in [6.07, 6.45) is 0. The fraction of sp³-hybridized carbons (Fsp3) is 0.0667. The van der Waals surface area contributed by atoms with E-state index in [2.05, 4.69) is 20.8 Å². The standard InChI is InChI=1S/C15H5BrF3NO4S/c1-20-8-4-7(17)5-9(6-8)24-10-2-3-11-12(13(10)16)14(21)15(18,19)25(11,22)23/h2-6H. The summed E-state index contributed by atoms with van der Waals surface area (Å²) in [6, 6.07) is 4.98. The maximum absolute atomic E-state index is 13.7. The average Bonchev–Trinajstić information content (AvgIpc) is 2.67. The van der Waals surface area contributed by atoms with Crippen LogP contribution in [-0.2, 0) is 9.84 Å². The number of ether oxygens (including phenoxy) is 1. The van der Waals surface area contributed by atoms with Gasteiger partial charge in [0.15, 0.2) is 5.69 Å². The number of halogens is 4. The quantitative estimate of drug-likeness (QED) is 0.656. The number of benzene rings is 2. The predicted molar refractivity (Wildman–Crippen MR) is 83.3 cm³/mol. The summed E-state index contributed by atoms with van der Waals surface area (Å²) in [5.74, 6) is -2.93. The summed E-state index contributed by atoms with van der Waals surface area (Å²) in [7, 11) is -5.13. The van der Waals surface area contributed by atoms with Crippen LogP contribution < -0.4 is 4.74 Å². The zero-order chi connectivity index (χ0) is 18.6. The summed E-state index contributed by atoms with van der Waals surface area (Å²) in [5.41, 5.74) is -0.790. The van der Waals surface area contributed by atoms with Gasteiger partial charge in [0.1, 0.15) is 17.3 Å². The molecule has 0 atom stereocenters. The molecule has 0 radical (unpaired) electrons. The number of sulfone groups is 1. The van der Waals surface area contributed by atoms with Gasteiger partial charge in [-0.2, -0.15) is 8.78 Å². The molecule has 0 N–H and O–H groups in total. The van der Waals surface area contributed by atoms with E-state index in [1.54, 1.807) is 0 Å². The van der Waals surface area contributed by atoms with Crippen LogP contribution in [0.4, 0.5) is 18.9 Å². The molecule has 1 heterocycles. The van der Waals surface area contributed by atoms with Gasteiger partial charge < -0.3 is 4.74 Å². The fourth-order valence-corrected chi connectivity index (χ4v) is 4.33. The van der Waals surface area contributed by atoms with Crippen molar-refractivity contribution in [3.05, 3.63) is 57.6 Å². The van der Waals surface area contributed by atoms with E-state index in [-0.39, 0.29) is 21.7 Å². The predicted octanol–water partition coefficient (Wildman–Crippen LogP) is 4.49. The molecule has 1 aliphatic heterocycles. The zero-order valence-electron chi connectivity index (χ0n) is 11.9. The molecule has 0 spiro atoms. The van der Waals surface area contributed by atoms with E-state index in [0.29, 0.717) is 0 Å². The highest BCUT2D eigenvalue weighted by atomic mass is 79.9. The minimum absolute atomic E-state index is 0.0579. The SMILES string of the molecule is [C-]#[N+]c1cc(F)cc(Oc2ccc3c(c2Br)C(=O)C(F)(F)S3(=O)=O)c1. The van der Waals surface area contributed by atoms with Crippen LogP contribution in [0.2, 0.25) is 0 Å². The number of fused-ring (bicyclic) bond motifs is 1. The third kappa shape index (κ3) is 2.51. The van der Waals surface area contributed by atoms with E-state index < -0.39 is 37.2 Å². The molecule has 5 nitrogen and oxygen atoms in total. The number of rotatable bonds is 2. The Morgan fingerprint density at radius 2 is 1.88 bits per heavy atom. The number of carbonyl (C=O) groups excluding carboxylic acids is 1. The molecule has 0 fully saturated rings. The van der Waals surface area contributed by atoms with Gasteiger partial charge in [0.05, 0.1) is 21.5 Å². The molecule has 0 saturated heterocycles. The highest BCUT2D eigenvalue weighted by Crippen LogP contribution is 2.47. The minimum atomic E-state index is -5.13. The Balaban J connectivity index is 2.12. The first kappa shape index (κ1) is 17.4. The van der Waals surface area contributed by atoms with E-state index in [9.17, 15) is 26.4 Å². The van der Waals surface area contributed by atoms with Crippen LogP contribution >= 0.6 is 15.9 Å². The normalized spacial score (nSPS) is 17.0. The van der Waals surface area contributed by atoms with E-state index >= 15 is 0 Å². The summed E-state index contributed by atoms with van der Waals surface area (Å²) in [4.78, 5) is 14.0. The molecule has 2 aromatic rings. The van der Waals surface area contributed by atoms with Gasteiger partial charge in [-0.15, -0.1) is 0 Å². The van der Waals surface area contributed by atoms with E-state index in [0.717, 1.165) is 24.3 Å². The van der Waals surface area contributed by atoms with E-state index in [1.807, 2.05) is 0 Å². The van der Waals surface area contributed by atoms with Crippen molar-refractivity contribution in [1.82, 2.24) is 0 Å². The Labute approximate surface area is 147 Å². The second kappa shape index (κ2) is 5.57. The number of Topliss-reactive ketones (excluding diaryl/α,β-unsaturated/α-hetero) is 1. The summed E-state index contributed by atoms with van der Waals surface area (Å²) < 4.78 is 69.4. The molecule has 0 saturated carbocycles. The van der Waals surface area contributed by atoms with E-state index in [4.69, 9.17) is 11.3 Å². The lowest BCUT2D eigenvalue weighted by molar-refractivity contribution is 0.0548. The molecular formula is C15H5BrF3NO4S. The van der Waals surface area contributed by atoms with Gasteiger partial charge in [0, 0.05) is 6.07 Å². The highest BCUT2D eigenvalue weighted by molar-refractivity contribution is 9.10. The van der Waals surface area contributed by atoms with Crippen molar-refractivity contribution >= 4 is 37.2 Å². The van der Waals surface area contributed by atoms with E-state index in [1.165, 1.54) is 6.07 Å².